The highest BCUT2D eigenvalue weighted by molar-refractivity contribution is 5.52. The highest BCUT2D eigenvalue weighted by atomic mass is 16.1. The normalized spacial score (nSPS) is 15.9. The Bertz CT molecular complexity index is 260. The van der Waals surface area contributed by atoms with Gasteiger partial charge in [0.25, 0.3) is 0 Å². The molecule has 0 aromatic heterocycles. The Morgan fingerprint density at radius 2 is 2.42 bits per heavy atom. The predicted octanol–water partition coefficient (Wildman–Crippen LogP) is 0.607. The minimum atomic E-state index is 0.803. The Labute approximate surface area is 72.2 Å². The largest absolute Gasteiger partial charge is 0.302 e. The summed E-state index contributed by atoms with van der Waals surface area (Å²) in [7, 11) is 3.87. The molecule has 0 saturated carbocycles. The van der Waals surface area contributed by atoms with Crippen LogP contribution in [0.2, 0.25) is 0 Å². The maximum Gasteiger partial charge on any atom is 0.126 e. The molecule has 0 amide bonds. The molecule has 0 bridgehead atoms. The molecule has 0 saturated heterocycles. The van der Waals surface area contributed by atoms with E-state index >= 15 is 0 Å². The van der Waals surface area contributed by atoms with E-state index in [0.717, 1.165) is 12.2 Å². The van der Waals surface area contributed by atoms with Crippen molar-refractivity contribution in [2.24, 2.45) is 0 Å². The van der Waals surface area contributed by atoms with Gasteiger partial charge in [0.2, 0.25) is 0 Å². The molecular weight excluding hydrogens is 152 g/mol. The second-order valence-electron chi connectivity index (χ2n) is 2.71. The van der Waals surface area contributed by atoms with Gasteiger partial charge in [0.1, 0.15) is 5.94 Å². The van der Waals surface area contributed by atoms with Gasteiger partial charge >= 0.3 is 0 Å². The van der Waals surface area contributed by atoms with Gasteiger partial charge in [0, 0.05) is 20.2 Å². The lowest BCUT2D eigenvalue weighted by Crippen LogP contribution is -2.36. The Hall–Kier alpha value is -1.31. The van der Waals surface area contributed by atoms with Crippen LogP contribution in [-0.2, 0) is 4.79 Å². The van der Waals surface area contributed by atoms with E-state index in [-0.39, 0.29) is 0 Å². The van der Waals surface area contributed by atoms with Crippen LogP contribution in [0.25, 0.3) is 0 Å². The second-order valence-corrected chi connectivity index (χ2v) is 2.71. The van der Waals surface area contributed by atoms with Gasteiger partial charge in [-0.2, -0.15) is 0 Å². The maximum atomic E-state index is 10.2. The van der Waals surface area contributed by atoms with Crippen molar-refractivity contribution in [1.82, 2.24) is 10.0 Å². The molecule has 0 fully saturated rings. The molecule has 1 heterocycles. The van der Waals surface area contributed by atoms with Gasteiger partial charge in [-0.15, -0.1) is 0 Å². The van der Waals surface area contributed by atoms with Crippen molar-refractivity contribution in [3.8, 4) is 0 Å². The maximum absolute atomic E-state index is 10.2. The number of carbonyl (C=O) groups excluding carboxylic acids is 1. The van der Waals surface area contributed by atoms with E-state index in [1.807, 2.05) is 42.3 Å². The molecule has 3 heteroatoms. The molecule has 0 N–H and O–H groups in total. The Morgan fingerprint density at radius 3 is 3.00 bits per heavy atom. The summed E-state index contributed by atoms with van der Waals surface area (Å²) in [5.74, 6) is 1.78. The van der Waals surface area contributed by atoms with E-state index in [9.17, 15) is 4.79 Å². The first-order valence-electron chi connectivity index (χ1n) is 3.78. The average molecular weight is 164 g/mol. The van der Waals surface area contributed by atoms with Crippen LogP contribution in [0.5, 0.6) is 0 Å². The van der Waals surface area contributed by atoms with Crippen LogP contribution >= 0.6 is 0 Å². The lowest BCUT2D eigenvalue weighted by Gasteiger charge is -2.31. The summed E-state index contributed by atoms with van der Waals surface area (Å²) < 4.78 is 0. The molecular formula is C9H12N2O. The molecule has 3 nitrogen and oxygen atoms in total. The Morgan fingerprint density at radius 1 is 1.67 bits per heavy atom. The third-order valence-corrected chi connectivity index (χ3v) is 1.67. The molecule has 0 radical (unpaired) electrons. The molecule has 1 aliphatic heterocycles. The third kappa shape index (κ3) is 1.84. The first-order chi connectivity index (χ1) is 5.75. The van der Waals surface area contributed by atoms with Gasteiger partial charge < -0.3 is 5.01 Å². The van der Waals surface area contributed by atoms with Crippen molar-refractivity contribution in [3.63, 3.8) is 0 Å². The zero-order chi connectivity index (χ0) is 8.97. The number of nitrogens with zero attached hydrogens (tertiary/aromatic N) is 2. The van der Waals surface area contributed by atoms with E-state index in [1.165, 1.54) is 6.08 Å². The Kier molecular flexibility index (Phi) is 2.86. The number of hydrogen-bond donors (Lipinski definition) is 0. The first-order valence-corrected chi connectivity index (χ1v) is 3.78. The topological polar surface area (TPSA) is 23.6 Å². The van der Waals surface area contributed by atoms with E-state index in [4.69, 9.17) is 0 Å². The van der Waals surface area contributed by atoms with Gasteiger partial charge in [-0.05, 0) is 6.08 Å². The number of rotatable bonds is 2. The highest BCUT2D eigenvalue weighted by Gasteiger charge is 2.09. The van der Waals surface area contributed by atoms with Gasteiger partial charge in [-0.3, -0.25) is 0 Å². The Balaban J connectivity index is 2.83. The van der Waals surface area contributed by atoms with E-state index < -0.39 is 0 Å². The summed E-state index contributed by atoms with van der Waals surface area (Å²) in [5.41, 5.74) is 0.873. The van der Waals surface area contributed by atoms with E-state index in [2.05, 4.69) is 0 Å². The summed E-state index contributed by atoms with van der Waals surface area (Å²) in [6, 6.07) is 0. The first kappa shape index (κ1) is 8.78. The monoisotopic (exact) mass is 164 g/mol. The molecule has 0 atom stereocenters. The molecule has 0 aromatic rings. The minimum Gasteiger partial charge on any atom is -0.302 e. The van der Waals surface area contributed by atoms with Crippen LogP contribution in [0, 0.1) is 0 Å². The molecule has 1 aliphatic rings. The number of allylic oxidation sites excluding steroid dienone is 3. The van der Waals surface area contributed by atoms with Crippen molar-refractivity contribution in [1.29, 1.82) is 0 Å². The van der Waals surface area contributed by atoms with Crippen molar-refractivity contribution >= 4 is 5.94 Å². The zero-order valence-corrected chi connectivity index (χ0v) is 7.32. The van der Waals surface area contributed by atoms with E-state index in [1.54, 1.807) is 5.94 Å². The van der Waals surface area contributed by atoms with Crippen molar-refractivity contribution in [2.75, 3.05) is 20.6 Å². The fourth-order valence-corrected chi connectivity index (χ4v) is 1.10. The highest BCUT2D eigenvalue weighted by Crippen LogP contribution is 2.10. The quantitative estimate of drug-likeness (QED) is 0.558. The van der Waals surface area contributed by atoms with Gasteiger partial charge in [0.05, 0.1) is 12.2 Å². The lowest BCUT2D eigenvalue weighted by atomic mass is 10.3. The molecule has 0 aromatic carbocycles. The van der Waals surface area contributed by atoms with Crippen LogP contribution in [0.15, 0.2) is 30.0 Å². The van der Waals surface area contributed by atoms with Gasteiger partial charge in [-0.1, -0.05) is 12.2 Å². The van der Waals surface area contributed by atoms with Gasteiger partial charge in [0.15, 0.2) is 0 Å². The average Bonchev–Trinajstić information content (AvgIpc) is 2.05. The standard InChI is InChI=1S/C9H12N2O/c1-10(2)11-7-4-3-5-9(11)6-8-12/h3-6H,7H2,1-2H3. The van der Waals surface area contributed by atoms with Crippen LogP contribution in [0.1, 0.15) is 0 Å². The molecule has 0 unspecified atom stereocenters. The smallest absolute Gasteiger partial charge is 0.126 e. The second kappa shape index (κ2) is 3.90. The van der Waals surface area contributed by atoms with Crippen molar-refractivity contribution in [2.45, 2.75) is 0 Å². The summed E-state index contributed by atoms with van der Waals surface area (Å²) in [6.07, 6.45) is 7.28. The number of hydrogen-bond acceptors (Lipinski definition) is 3. The van der Waals surface area contributed by atoms with E-state index in [0.29, 0.717) is 0 Å². The molecule has 0 spiro atoms. The van der Waals surface area contributed by atoms with Crippen LogP contribution in [-0.4, -0.2) is 36.6 Å². The summed E-state index contributed by atoms with van der Waals surface area (Å²) >= 11 is 0. The SMILES string of the molecule is CN(C)N1CC=CC=C1C=C=O. The third-order valence-electron chi connectivity index (χ3n) is 1.67. The van der Waals surface area contributed by atoms with Crippen LogP contribution in [0.4, 0.5) is 0 Å². The minimum absolute atomic E-state index is 0.803. The van der Waals surface area contributed by atoms with Crippen molar-refractivity contribution < 1.29 is 4.79 Å². The van der Waals surface area contributed by atoms with Gasteiger partial charge in [-0.25, -0.2) is 9.80 Å². The van der Waals surface area contributed by atoms with Crippen molar-refractivity contribution in [3.05, 3.63) is 30.0 Å². The summed E-state index contributed by atoms with van der Waals surface area (Å²) in [6.45, 7) is 0.803. The molecule has 64 valence electrons. The summed E-state index contributed by atoms with van der Waals surface area (Å²) in [4.78, 5) is 10.2. The predicted molar refractivity (Wildman–Crippen MR) is 47.9 cm³/mol. The molecule has 0 aliphatic carbocycles. The molecule has 12 heavy (non-hydrogen) atoms. The summed E-state index contributed by atoms with van der Waals surface area (Å²) in [5, 5.41) is 3.91. The fourth-order valence-electron chi connectivity index (χ4n) is 1.10. The lowest BCUT2D eigenvalue weighted by molar-refractivity contribution is 0.0836. The van der Waals surface area contributed by atoms with Crippen LogP contribution in [0.3, 0.4) is 0 Å². The zero-order valence-electron chi connectivity index (χ0n) is 7.32. The fraction of sp³-hybridized carbons (Fsp3) is 0.333. The number of hydrazine groups is 1. The molecule has 1 rings (SSSR count). The van der Waals surface area contributed by atoms with Crippen LogP contribution < -0.4 is 0 Å².